The summed E-state index contributed by atoms with van der Waals surface area (Å²) in [5.74, 6) is 2.90. The molecule has 0 spiro atoms. The summed E-state index contributed by atoms with van der Waals surface area (Å²) in [5, 5.41) is 8.69. The minimum Gasteiger partial charge on any atom is -0.494 e. The van der Waals surface area contributed by atoms with Gasteiger partial charge in [0.1, 0.15) is 5.75 Å². The van der Waals surface area contributed by atoms with Gasteiger partial charge < -0.3 is 9.64 Å². The molecule has 2 unspecified atom stereocenters. The quantitative estimate of drug-likeness (QED) is 0.743. The fourth-order valence-corrected chi connectivity index (χ4v) is 2.78. The second-order valence-corrected chi connectivity index (χ2v) is 5.35. The second kappa shape index (κ2) is 4.99. The summed E-state index contributed by atoms with van der Waals surface area (Å²) < 4.78 is 5.67. The molecule has 1 aliphatic carbocycles. The molecule has 0 radical (unpaired) electrons. The summed E-state index contributed by atoms with van der Waals surface area (Å²) in [5.41, 5.74) is 0.679. The molecule has 3 heteroatoms. The van der Waals surface area contributed by atoms with Crippen LogP contribution in [0.4, 0.5) is 0 Å². The monoisotopic (exact) mass is 242 g/mol. The summed E-state index contributed by atoms with van der Waals surface area (Å²) >= 11 is 0. The largest absolute Gasteiger partial charge is 0.494 e. The van der Waals surface area contributed by atoms with Crippen LogP contribution in [0.3, 0.4) is 0 Å². The first-order chi connectivity index (χ1) is 8.85. The second-order valence-electron chi connectivity index (χ2n) is 5.35. The number of rotatable bonds is 5. The highest BCUT2D eigenvalue weighted by atomic mass is 16.5. The Kier molecular flexibility index (Phi) is 3.21. The van der Waals surface area contributed by atoms with Crippen molar-refractivity contribution < 1.29 is 4.74 Å². The van der Waals surface area contributed by atoms with Gasteiger partial charge in [0, 0.05) is 19.6 Å². The van der Waals surface area contributed by atoms with Gasteiger partial charge in [-0.1, -0.05) is 0 Å². The first-order valence-corrected chi connectivity index (χ1v) is 6.70. The van der Waals surface area contributed by atoms with Crippen LogP contribution in [0.15, 0.2) is 24.3 Å². The van der Waals surface area contributed by atoms with Crippen molar-refractivity contribution in [1.82, 2.24) is 4.90 Å². The van der Waals surface area contributed by atoms with Gasteiger partial charge in [0.2, 0.25) is 0 Å². The van der Waals surface area contributed by atoms with Crippen molar-refractivity contribution in [3.05, 3.63) is 29.8 Å². The van der Waals surface area contributed by atoms with Crippen LogP contribution in [0.1, 0.15) is 18.4 Å². The van der Waals surface area contributed by atoms with E-state index < -0.39 is 0 Å². The molecule has 1 aromatic rings. The number of fused-ring (bicyclic) bond motifs is 1. The molecule has 2 fully saturated rings. The molecule has 1 saturated heterocycles. The van der Waals surface area contributed by atoms with Gasteiger partial charge in [0.25, 0.3) is 0 Å². The van der Waals surface area contributed by atoms with Crippen LogP contribution in [0.2, 0.25) is 0 Å². The third kappa shape index (κ3) is 2.65. The normalized spacial score (nSPS) is 25.5. The third-order valence-electron chi connectivity index (χ3n) is 3.93. The molecule has 94 valence electrons. The summed E-state index contributed by atoms with van der Waals surface area (Å²) in [4.78, 5) is 2.56. The molecule has 1 saturated carbocycles. The molecule has 2 aliphatic rings. The van der Waals surface area contributed by atoms with E-state index >= 15 is 0 Å². The van der Waals surface area contributed by atoms with E-state index in [1.807, 2.05) is 12.1 Å². The summed E-state index contributed by atoms with van der Waals surface area (Å²) in [6.45, 7) is 4.53. The van der Waals surface area contributed by atoms with Crippen molar-refractivity contribution in [2.75, 3.05) is 26.2 Å². The summed E-state index contributed by atoms with van der Waals surface area (Å²) in [6, 6.07) is 9.42. The van der Waals surface area contributed by atoms with Crippen LogP contribution < -0.4 is 4.74 Å². The van der Waals surface area contributed by atoms with E-state index in [-0.39, 0.29) is 0 Å². The van der Waals surface area contributed by atoms with Gasteiger partial charge in [-0.3, -0.25) is 0 Å². The zero-order valence-electron chi connectivity index (χ0n) is 10.5. The average molecular weight is 242 g/mol. The lowest BCUT2D eigenvalue weighted by Crippen LogP contribution is -2.25. The van der Waals surface area contributed by atoms with Gasteiger partial charge >= 0.3 is 0 Å². The minimum absolute atomic E-state index is 0.679. The maximum absolute atomic E-state index is 8.69. The van der Waals surface area contributed by atoms with Gasteiger partial charge in [0.05, 0.1) is 18.2 Å². The molecule has 0 bridgehead atoms. The van der Waals surface area contributed by atoms with Crippen LogP contribution in [-0.4, -0.2) is 31.1 Å². The highest BCUT2D eigenvalue weighted by Crippen LogP contribution is 2.44. The highest BCUT2D eigenvalue weighted by molar-refractivity contribution is 5.34. The first-order valence-electron chi connectivity index (χ1n) is 6.70. The topological polar surface area (TPSA) is 36.3 Å². The molecule has 18 heavy (non-hydrogen) atoms. The molecule has 1 aromatic carbocycles. The van der Waals surface area contributed by atoms with Crippen molar-refractivity contribution in [2.24, 2.45) is 11.8 Å². The minimum atomic E-state index is 0.679. The molecular weight excluding hydrogens is 224 g/mol. The third-order valence-corrected chi connectivity index (χ3v) is 3.93. The van der Waals surface area contributed by atoms with Gasteiger partial charge in [-0.25, -0.2) is 0 Å². The Morgan fingerprint density at radius 3 is 2.61 bits per heavy atom. The molecule has 0 amide bonds. The van der Waals surface area contributed by atoms with Crippen molar-refractivity contribution in [1.29, 1.82) is 5.26 Å². The molecule has 1 heterocycles. The lowest BCUT2D eigenvalue weighted by atomic mass is 10.2. The molecule has 0 N–H and O–H groups in total. The van der Waals surface area contributed by atoms with Gasteiger partial charge in [0.15, 0.2) is 0 Å². The molecule has 2 atom stereocenters. The van der Waals surface area contributed by atoms with Gasteiger partial charge in [-0.05, 0) is 48.9 Å². The van der Waals surface area contributed by atoms with Crippen LogP contribution >= 0.6 is 0 Å². The number of likely N-dealkylation sites (tertiary alicyclic amines) is 1. The van der Waals surface area contributed by atoms with Crippen molar-refractivity contribution in [3.63, 3.8) is 0 Å². The predicted octanol–water partition coefficient (Wildman–Crippen LogP) is 2.28. The van der Waals surface area contributed by atoms with Crippen LogP contribution in [0, 0.1) is 23.2 Å². The molecule has 1 aliphatic heterocycles. The fourth-order valence-electron chi connectivity index (χ4n) is 2.78. The number of ether oxygens (including phenoxy) is 1. The lowest BCUT2D eigenvalue weighted by molar-refractivity contribution is 0.250. The predicted molar refractivity (Wildman–Crippen MR) is 69.3 cm³/mol. The van der Waals surface area contributed by atoms with E-state index in [0.29, 0.717) is 5.56 Å². The zero-order chi connectivity index (χ0) is 12.4. The maximum atomic E-state index is 8.69. The molecule has 0 aromatic heterocycles. The van der Waals surface area contributed by atoms with E-state index in [2.05, 4.69) is 11.0 Å². The fraction of sp³-hybridized carbons (Fsp3) is 0.533. The number of nitrogens with zero attached hydrogens (tertiary/aromatic N) is 2. The number of benzene rings is 1. The Hall–Kier alpha value is -1.53. The van der Waals surface area contributed by atoms with Crippen molar-refractivity contribution in [3.8, 4) is 11.8 Å². The Balaban J connectivity index is 1.35. The molecular formula is C15H18N2O. The lowest BCUT2D eigenvalue weighted by Gasteiger charge is -2.17. The SMILES string of the molecule is N#Cc1ccc(OCCCN2CC3CC3C2)cc1. The molecule has 3 rings (SSSR count). The van der Waals surface area contributed by atoms with E-state index in [1.165, 1.54) is 19.5 Å². The van der Waals surface area contributed by atoms with Crippen LogP contribution in [0.25, 0.3) is 0 Å². The average Bonchev–Trinajstić information content (AvgIpc) is 3.03. The first kappa shape index (κ1) is 11.6. The van der Waals surface area contributed by atoms with Crippen molar-refractivity contribution in [2.45, 2.75) is 12.8 Å². The number of hydrogen-bond donors (Lipinski definition) is 0. The van der Waals surface area contributed by atoms with Crippen molar-refractivity contribution >= 4 is 0 Å². The number of piperidine rings is 1. The summed E-state index contributed by atoms with van der Waals surface area (Å²) in [6.07, 6.45) is 2.55. The Morgan fingerprint density at radius 1 is 1.22 bits per heavy atom. The smallest absolute Gasteiger partial charge is 0.119 e. The van der Waals surface area contributed by atoms with E-state index in [9.17, 15) is 0 Å². The Bertz CT molecular complexity index is 439. The standard InChI is InChI=1S/C15H18N2O/c16-9-12-2-4-15(5-3-12)18-7-1-6-17-10-13-8-14(13)11-17/h2-5,13-14H,1,6-8,10-11H2. The van der Waals surface area contributed by atoms with E-state index in [0.717, 1.165) is 37.2 Å². The Labute approximate surface area is 108 Å². The Morgan fingerprint density at radius 2 is 1.94 bits per heavy atom. The van der Waals surface area contributed by atoms with Crippen LogP contribution in [0.5, 0.6) is 5.75 Å². The van der Waals surface area contributed by atoms with E-state index in [1.54, 1.807) is 12.1 Å². The van der Waals surface area contributed by atoms with Gasteiger partial charge in [-0.2, -0.15) is 5.26 Å². The maximum Gasteiger partial charge on any atom is 0.119 e. The van der Waals surface area contributed by atoms with E-state index in [4.69, 9.17) is 10.00 Å². The zero-order valence-corrected chi connectivity index (χ0v) is 10.5. The number of nitriles is 1. The summed E-state index contributed by atoms with van der Waals surface area (Å²) in [7, 11) is 0. The number of hydrogen-bond acceptors (Lipinski definition) is 3. The highest BCUT2D eigenvalue weighted by Gasteiger charge is 2.44. The molecule has 3 nitrogen and oxygen atoms in total. The van der Waals surface area contributed by atoms with Gasteiger partial charge in [-0.15, -0.1) is 0 Å². The van der Waals surface area contributed by atoms with Crippen LogP contribution in [-0.2, 0) is 0 Å².